The molecule has 2 fully saturated rings. The number of nitrogens with zero attached hydrogens (tertiary/aromatic N) is 1. The molecule has 2 aromatic heterocycles. The lowest BCUT2D eigenvalue weighted by molar-refractivity contribution is -0.116. The van der Waals surface area contributed by atoms with Gasteiger partial charge in [-0.15, -0.1) is 23.1 Å². The molecule has 0 spiro atoms. The van der Waals surface area contributed by atoms with Gasteiger partial charge in [0.15, 0.2) is 0 Å². The minimum Gasteiger partial charge on any atom is -0.497 e. The Balaban J connectivity index is 1.32. The van der Waals surface area contributed by atoms with E-state index in [0.717, 1.165) is 22.6 Å². The number of rotatable bonds is 5. The summed E-state index contributed by atoms with van der Waals surface area (Å²) in [5, 5.41) is 6.64. The molecule has 2 aliphatic carbocycles. The topological polar surface area (TPSA) is 60.3 Å². The Kier molecular flexibility index (Phi) is 5.19. The molecule has 2 bridgehead atoms. The summed E-state index contributed by atoms with van der Waals surface area (Å²) in [7, 11) is 1.61. The first-order valence-electron chi connectivity index (χ1n) is 11.0. The fourth-order valence-corrected chi connectivity index (χ4v) is 10.0. The normalized spacial score (nSPS) is 27.7. The Labute approximate surface area is 198 Å². The van der Waals surface area contributed by atoms with Crippen LogP contribution in [-0.4, -0.2) is 22.8 Å². The number of carbonyl (C=O) groups excluding carboxylic acids is 1. The van der Waals surface area contributed by atoms with E-state index in [4.69, 9.17) is 4.74 Å². The quantitative estimate of drug-likeness (QED) is 0.536. The van der Waals surface area contributed by atoms with Crippen LogP contribution >= 0.6 is 34.4 Å². The summed E-state index contributed by atoms with van der Waals surface area (Å²) in [5.41, 5.74) is 0.699. The third-order valence-electron chi connectivity index (χ3n) is 7.22. The van der Waals surface area contributed by atoms with Crippen molar-refractivity contribution >= 4 is 46.0 Å². The predicted molar refractivity (Wildman–Crippen MR) is 130 cm³/mol. The zero-order valence-corrected chi connectivity index (χ0v) is 20.1. The molecule has 0 radical (unpaired) electrons. The summed E-state index contributed by atoms with van der Waals surface area (Å²) in [6, 6.07) is 11.6. The second-order valence-corrected chi connectivity index (χ2v) is 12.0. The number of ether oxygens (including phenoxy) is 1. The van der Waals surface area contributed by atoms with Gasteiger partial charge in [0, 0.05) is 26.6 Å². The van der Waals surface area contributed by atoms with Crippen molar-refractivity contribution in [3.8, 4) is 5.75 Å². The van der Waals surface area contributed by atoms with Gasteiger partial charge in [0.1, 0.15) is 12.3 Å². The van der Waals surface area contributed by atoms with Crippen molar-refractivity contribution in [2.24, 2.45) is 17.8 Å². The molecule has 166 valence electrons. The average molecular weight is 485 g/mol. The molecule has 1 aliphatic heterocycles. The molecule has 3 aliphatic rings. The molecule has 0 unspecified atom stereocenters. The van der Waals surface area contributed by atoms with Gasteiger partial charge in [0.25, 0.3) is 0 Å². The Morgan fingerprint density at radius 1 is 1.19 bits per heavy atom. The van der Waals surface area contributed by atoms with Crippen LogP contribution in [0.1, 0.15) is 34.9 Å². The van der Waals surface area contributed by atoms with E-state index in [-0.39, 0.29) is 17.3 Å². The van der Waals surface area contributed by atoms with Gasteiger partial charge in [-0.05, 0) is 72.7 Å². The van der Waals surface area contributed by atoms with E-state index in [1.807, 2.05) is 36.0 Å². The number of fused-ring (bicyclic) bond motifs is 6. The summed E-state index contributed by atoms with van der Waals surface area (Å²) in [4.78, 5) is 28.4. The number of hydrogen-bond acceptors (Lipinski definition) is 6. The molecule has 6 rings (SSSR count). The maximum absolute atomic E-state index is 13.1. The Morgan fingerprint density at radius 2 is 2.00 bits per heavy atom. The van der Waals surface area contributed by atoms with Gasteiger partial charge in [0.2, 0.25) is 5.91 Å². The molecule has 32 heavy (non-hydrogen) atoms. The smallest absolute Gasteiger partial charge is 0.308 e. The summed E-state index contributed by atoms with van der Waals surface area (Å²) in [6.07, 6.45) is 3.95. The largest absolute Gasteiger partial charge is 0.497 e. The summed E-state index contributed by atoms with van der Waals surface area (Å²) >= 11 is 5.02. The van der Waals surface area contributed by atoms with Crippen LogP contribution in [-0.2, 0) is 11.3 Å². The standard InChI is InChI=1S/C24H24N2O3S3/c1-29-16-8-6-15(7-9-16)25-18(27)12-26-23-22(32-24(26)28)20(17-3-2-10-30-17)19-13-4-5-14(11-13)21(19)31-23/h2-3,6-10,13-14,19-21H,4-5,11-12H2,1H3,(H,25,27)/t13-,14+,19-,20+,21+/m1/s1. The molecule has 5 atom stereocenters. The zero-order valence-electron chi connectivity index (χ0n) is 17.7. The van der Waals surface area contributed by atoms with Crippen molar-refractivity contribution in [2.45, 2.75) is 42.0 Å². The van der Waals surface area contributed by atoms with Gasteiger partial charge in [-0.25, -0.2) is 0 Å². The van der Waals surface area contributed by atoms with E-state index in [1.165, 1.54) is 40.4 Å². The molecule has 0 saturated heterocycles. The highest BCUT2D eigenvalue weighted by Crippen LogP contribution is 2.64. The highest BCUT2D eigenvalue weighted by atomic mass is 32.2. The number of benzene rings is 1. The molecule has 2 saturated carbocycles. The van der Waals surface area contributed by atoms with E-state index in [2.05, 4.69) is 22.8 Å². The van der Waals surface area contributed by atoms with E-state index in [0.29, 0.717) is 22.8 Å². The number of aromatic nitrogens is 1. The van der Waals surface area contributed by atoms with Gasteiger partial charge in [-0.2, -0.15) is 0 Å². The third kappa shape index (κ3) is 3.35. The first-order chi connectivity index (χ1) is 15.6. The maximum atomic E-state index is 13.1. The van der Waals surface area contributed by atoms with E-state index in [1.54, 1.807) is 23.0 Å². The van der Waals surface area contributed by atoms with Crippen LogP contribution in [0.2, 0.25) is 0 Å². The van der Waals surface area contributed by atoms with Crippen molar-refractivity contribution in [2.75, 3.05) is 12.4 Å². The first kappa shape index (κ1) is 20.6. The van der Waals surface area contributed by atoms with Gasteiger partial charge >= 0.3 is 4.87 Å². The number of nitrogens with one attached hydrogen (secondary N) is 1. The lowest BCUT2D eigenvalue weighted by atomic mass is 9.77. The molecule has 1 N–H and O–H groups in total. The van der Waals surface area contributed by atoms with Gasteiger partial charge < -0.3 is 10.1 Å². The predicted octanol–water partition coefficient (Wildman–Crippen LogP) is 5.27. The molecule has 3 heterocycles. The fourth-order valence-electron chi connectivity index (χ4n) is 5.89. The second-order valence-electron chi connectivity index (χ2n) is 8.89. The summed E-state index contributed by atoms with van der Waals surface area (Å²) in [6.45, 7) is 0.0480. The number of methoxy groups -OCH3 is 1. The van der Waals surface area contributed by atoms with Crippen LogP contribution in [0.15, 0.2) is 51.6 Å². The molecular formula is C24H24N2O3S3. The molecule has 1 amide bonds. The second kappa shape index (κ2) is 8.08. The number of thiophene rings is 1. The van der Waals surface area contributed by atoms with Crippen molar-refractivity contribution in [3.05, 3.63) is 61.2 Å². The average Bonchev–Trinajstić information content (AvgIpc) is 3.59. The number of hydrogen-bond donors (Lipinski definition) is 1. The number of carbonyl (C=O) groups is 1. The Morgan fingerprint density at radius 3 is 2.75 bits per heavy atom. The van der Waals surface area contributed by atoms with Crippen LogP contribution < -0.4 is 14.9 Å². The number of anilines is 1. The highest BCUT2D eigenvalue weighted by Gasteiger charge is 2.55. The number of thioether (sulfide) groups is 1. The van der Waals surface area contributed by atoms with Crippen LogP contribution in [0.5, 0.6) is 5.75 Å². The lowest BCUT2D eigenvalue weighted by Crippen LogP contribution is -2.34. The van der Waals surface area contributed by atoms with E-state index >= 15 is 0 Å². The Bertz CT molecular complexity index is 1200. The first-order valence-corrected chi connectivity index (χ1v) is 13.6. The van der Waals surface area contributed by atoms with Crippen molar-refractivity contribution in [1.82, 2.24) is 4.57 Å². The highest BCUT2D eigenvalue weighted by molar-refractivity contribution is 8.00. The minimum atomic E-state index is -0.179. The van der Waals surface area contributed by atoms with Crippen molar-refractivity contribution < 1.29 is 9.53 Å². The van der Waals surface area contributed by atoms with Crippen LogP contribution in [0.4, 0.5) is 5.69 Å². The molecular weight excluding hydrogens is 460 g/mol. The number of thiazole rings is 1. The van der Waals surface area contributed by atoms with E-state index < -0.39 is 0 Å². The van der Waals surface area contributed by atoms with Crippen LogP contribution in [0, 0.1) is 17.8 Å². The SMILES string of the molecule is COc1ccc(NC(=O)Cn2c3c(sc2=O)[C@@H](c2cccs2)[C@H]2[C@@H]4CC[C@@H](C4)[C@@H]2S3)cc1. The molecule has 5 nitrogen and oxygen atoms in total. The minimum absolute atomic E-state index is 0.0266. The molecule has 3 aromatic rings. The fraction of sp³-hybridized carbons (Fsp3) is 0.417. The van der Waals surface area contributed by atoms with Crippen LogP contribution in [0.3, 0.4) is 0 Å². The van der Waals surface area contributed by atoms with Gasteiger partial charge in [0.05, 0.1) is 12.1 Å². The third-order valence-corrected chi connectivity index (χ3v) is 11.0. The van der Waals surface area contributed by atoms with Crippen molar-refractivity contribution in [3.63, 3.8) is 0 Å². The zero-order chi connectivity index (χ0) is 21.8. The summed E-state index contributed by atoms with van der Waals surface area (Å²) in [5.74, 6) is 2.98. The van der Waals surface area contributed by atoms with Crippen molar-refractivity contribution in [1.29, 1.82) is 0 Å². The number of amides is 1. The lowest BCUT2D eigenvalue weighted by Gasteiger charge is -2.40. The molecule has 1 aromatic carbocycles. The molecule has 8 heteroatoms. The summed E-state index contributed by atoms with van der Waals surface area (Å²) < 4.78 is 6.89. The van der Waals surface area contributed by atoms with Gasteiger partial charge in [-0.1, -0.05) is 17.4 Å². The Hall–Kier alpha value is -2.03. The van der Waals surface area contributed by atoms with Crippen LogP contribution in [0.25, 0.3) is 0 Å². The van der Waals surface area contributed by atoms with E-state index in [9.17, 15) is 9.59 Å². The monoisotopic (exact) mass is 484 g/mol. The maximum Gasteiger partial charge on any atom is 0.308 e. The van der Waals surface area contributed by atoms with Gasteiger partial charge in [-0.3, -0.25) is 14.2 Å².